The molecule has 0 aromatic rings. The van der Waals surface area contributed by atoms with Crippen molar-refractivity contribution in [2.45, 2.75) is 6.10 Å². The van der Waals surface area contributed by atoms with Crippen LogP contribution in [0.1, 0.15) is 0 Å². The quantitative estimate of drug-likeness (QED) is 0.628. The largest absolute Gasteiger partial charge is 0.400 e. The second kappa shape index (κ2) is 3.37. The minimum Gasteiger partial charge on any atom is -0.245 e. The van der Waals surface area contributed by atoms with E-state index < -0.39 is 32.1 Å². The first-order chi connectivity index (χ1) is 5.85. The molecule has 1 atom stereocenters. The van der Waals surface area contributed by atoms with Gasteiger partial charge in [-0.1, -0.05) is 6.58 Å². The molecule has 0 aromatic heterocycles. The van der Waals surface area contributed by atoms with E-state index in [9.17, 15) is 16.8 Å². The Balaban J connectivity index is 2.65. The van der Waals surface area contributed by atoms with Gasteiger partial charge in [0.15, 0.2) is 9.84 Å². The molecule has 0 saturated carbocycles. The maximum absolute atomic E-state index is 10.9. The van der Waals surface area contributed by atoms with Crippen LogP contribution in [0.25, 0.3) is 0 Å². The Kier molecular flexibility index (Phi) is 2.76. The van der Waals surface area contributed by atoms with Crippen molar-refractivity contribution in [2.75, 3.05) is 12.4 Å². The smallest absolute Gasteiger partial charge is 0.245 e. The summed E-state index contributed by atoms with van der Waals surface area (Å²) in [6.45, 7) is 2.81. The Labute approximate surface area is 76.4 Å². The lowest BCUT2D eigenvalue weighted by atomic mass is 10.4. The number of rotatable bonds is 3. The van der Waals surface area contributed by atoms with Gasteiger partial charge in [-0.2, -0.15) is 8.42 Å². The first-order valence-corrected chi connectivity index (χ1v) is 6.32. The second-order valence-corrected chi connectivity index (χ2v) is 5.64. The molecule has 1 fully saturated rings. The molecule has 76 valence electrons. The Bertz CT molecular complexity index is 391. The summed E-state index contributed by atoms with van der Waals surface area (Å²) in [5, 5.41) is 0.751. The number of hydrogen-bond acceptors (Lipinski definition) is 6. The molecule has 0 spiro atoms. The van der Waals surface area contributed by atoms with Gasteiger partial charge in [-0.15, -0.1) is 0 Å². The standard InChI is InChI=1S/C5H8O6S2/c1-2-12(6,7)4-5-3-10-13(8,9)11-5/h2,5H,1,3-4H2. The van der Waals surface area contributed by atoms with Gasteiger partial charge < -0.3 is 0 Å². The topological polar surface area (TPSA) is 86.7 Å². The highest BCUT2D eigenvalue weighted by atomic mass is 32.3. The van der Waals surface area contributed by atoms with Crippen molar-refractivity contribution >= 4 is 20.2 Å². The van der Waals surface area contributed by atoms with Gasteiger partial charge in [0, 0.05) is 5.41 Å². The van der Waals surface area contributed by atoms with Crippen molar-refractivity contribution in [3.63, 3.8) is 0 Å². The molecular formula is C5H8O6S2. The van der Waals surface area contributed by atoms with Gasteiger partial charge in [-0.05, 0) is 0 Å². The van der Waals surface area contributed by atoms with Crippen LogP contribution in [0.2, 0.25) is 0 Å². The summed E-state index contributed by atoms with van der Waals surface area (Å²) in [7, 11) is -7.43. The van der Waals surface area contributed by atoms with Crippen molar-refractivity contribution in [3.8, 4) is 0 Å². The van der Waals surface area contributed by atoms with Crippen molar-refractivity contribution in [3.05, 3.63) is 12.0 Å². The summed E-state index contributed by atoms with van der Waals surface area (Å²) in [4.78, 5) is 0. The van der Waals surface area contributed by atoms with Crippen LogP contribution in [0.3, 0.4) is 0 Å². The van der Waals surface area contributed by atoms with E-state index in [1.807, 2.05) is 0 Å². The van der Waals surface area contributed by atoms with E-state index in [-0.39, 0.29) is 6.61 Å². The zero-order valence-electron chi connectivity index (χ0n) is 6.54. The number of hydrogen-bond donors (Lipinski definition) is 0. The average Bonchev–Trinajstić information content (AvgIpc) is 2.29. The molecule has 1 aliphatic heterocycles. The molecule has 0 radical (unpaired) electrons. The second-order valence-electron chi connectivity index (χ2n) is 2.41. The third-order valence-corrected chi connectivity index (χ3v) is 3.60. The lowest BCUT2D eigenvalue weighted by Crippen LogP contribution is -2.21. The van der Waals surface area contributed by atoms with Crippen molar-refractivity contribution in [2.24, 2.45) is 0 Å². The highest BCUT2D eigenvalue weighted by Gasteiger charge is 2.32. The van der Waals surface area contributed by atoms with Gasteiger partial charge in [-0.25, -0.2) is 16.8 Å². The van der Waals surface area contributed by atoms with E-state index in [0.29, 0.717) is 0 Å². The zero-order valence-corrected chi connectivity index (χ0v) is 8.18. The molecule has 6 nitrogen and oxygen atoms in total. The van der Waals surface area contributed by atoms with Crippen LogP contribution in [0.5, 0.6) is 0 Å². The third-order valence-electron chi connectivity index (χ3n) is 1.32. The third kappa shape index (κ3) is 3.07. The van der Waals surface area contributed by atoms with Gasteiger partial charge in [0.25, 0.3) is 0 Å². The Morgan fingerprint density at radius 2 is 2.15 bits per heavy atom. The van der Waals surface area contributed by atoms with Crippen LogP contribution in [-0.2, 0) is 28.6 Å². The molecule has 1 heterocycles. The molecule has 0 bridgehead atoms. The number of sulfone groups is 1. The molecule has 0 N–H and O–H groups in total. The first-order valence-electron chi connectivity index (χ1n) is 3.27. The summed E-state index contributed by atoms with van der Waals surface area (Å²) >= 11 is 0. The lowest BCUT2D eigenvalue weighted by molar-refractivity contribution is 0.260. The van der Waals surface area contributed by atoms with Gasteiger partial charge in [0.05, 0.1) is 12.4 Å². The molecule has 0 amide bonds. The van der Waals surface area contributed by atoms with E-state index in [1.54, 1.807) is 0 Å². The monoisotopic (exact) mass is 228 g/mol. The maximum atomic E-state index is 10.9. The van der Waals surface area contributed by atoms with Gasteiger partial charge in [-0.3, -0.25) is 0 Å². The molecule has 1 unspecified atom stereocenters. The van der Waals surface area contributed by atoms with Crippen LogP contribution in [0, 0.1) is 0 Å². The molecule has 0 aromatic carbocycles. The SMILES string of the molecule is C=CS(=O)(=O)CC1COS(=O)(=O)O1. The Morgan fingerprint density at radius 3 is 2.54 bits per heavy atom. The predicted molar refractivity (Wildman–Crippen MR) is 43.7 cm³/mol. The Hall–Kier alpha value is -0.440. The molecule has 13 heavy (non-hydrogen) atoms. The molecule has 1 aliphatic rings. The molecular weight excluding hydrogens is 220 g/mol. The minimum atomic E-state index is -3.97. The van der Waals surface area contributed by atoms with Crippen LogP contribution in [0.15, 0.2) is 12.0 Å². The predicted octanol–water partition coefficient (Wildman–Crippen LogP) is -0.795. The summed E-state index contributed by atoms with van der Waals surface area (Å²) in [6, 6.07) is 0. The van der Waals surface area contributed by atoms with E-state index in [0.717, 1.165) is 5.41 Å². The fourth-order valence-electron chi connectivity index (χ4n) is 0.784. The highest BCUT2D eigenvalue weighted by molar-refractivity contribution is 7.94. The van der Waals surface area contributed by atoms with E-state index in [2.05, 4.69) is 14.9 Å². The fourth-order valence-corrected chi connectivity index (χ4v) is 2.52. The summed E-state index contributed by atoms with van der Waals surface area (Å²) in [5.74, 6) is -0.435. The molecule has 0 aliphatic carbocycles. The van der Waals surface area contributed by atoms with Crippen LogP contribution in [-0.4, -0.2) is 35.3 Å². The van der Waals surface area contributed by atoms with Gasteiger partial charge >= 0.3 is 10.4 Å². The highest BCUT2D eigenvalue weighted by Crippen LogP contribution is 2.14. The summed E-state index contributed by atoms with van der Waals surface area (Å²) in [6.07, 6.45) is -0.965. The normalized spacial score (nSPS) is 27.2. The first kappa shape index (κ1) is 10.6. The molecule has 1 saturated heterocycles. The van der Waals surface area contributed by atoms with Crippen LogP contribution in [0.4, 0.5) is 0 Å². The van der Waals surface area contributed by atoms with Crippen LogP contribution >= 0.6 is 0 Å². The van der Waals surface area contributed by atoms with E-state index >= 15 is 0 Å². The minimum absolute atomic E-state index is 0.268. The maximum Gasteiger partial charge on any atom is 0.400 e. The lowest BCUT2D eigenvalue weighted by Gasteiger charge is -2.02. The van der Waals surface area contributed by atoms with E-state index in [4.69, 9.17) is 0 Å². The zero-order chi connectivity index (χ0) is 10.1. The average molecular weight is 228 g/mol. The fraction of sp³-hybridized carbons (Fsp3) is 0.600. The van der Waals surface area contributed by atoms with E-state index in [1.165, 1.54) is 0 Å². The van der Waals surface area contributed by atoms with Gasteiger partial charge in [0.1, 0.15) is 6.10 Å². The summed E-state index contributed by atoms with van der Waals surface area (Å²) < 4.78 is 51.4. The molecule has 8 heteroatoms. The van der Waals surface area contributed by atoms with Crippen LogP contribution < -0.4 is 0 Å². The Morgan fingerprint density at radius 1 is 1.54 bits per heavy atom. The van der Waals surface area contributed by atoms with Crippen molar-refractivity contribution < 1.29 is 25.2 Å². The summed E-state index contributed by atoms with van der Waals surface area (Å²) in [5.41, 5.74) is 0. The van der Waals surface area contributed by atoms with Crippen molar-refractivity contribution in [1.82, 2.24) is 0 Å². The van der Waals surface area contributed by atoms with Crippen molar-refractivity contribution in [1.29, 1.82) is 0 Å². The molecule has 1 rings (SSSR count). The van der Waals surface area contributed by atoms with Gasteiger partial charge in [0.2, 0.25) is 0 Å².